The zero-order valence-electron chi connectivity index (χ0n) is 15.6. The Hall–Kier alpha value is -2.40. The first kappa shape index (κ1) is 18.4. The van der Waals surface area contributed by atoms with Crippen LogP contribution in [0.25, 0.3) is 16.5 Å². The van der Waals surface area contributed by atoms with Crippen LogP contribution in [0.5, 0.6) is 0 Å². The van der Waals surface area contributed by atoms with Crippen LogP contribution in [0.2, 0.25) is 5.02 Å². The van der Waals surface area contributed by atoms with Gasteiger partial charge >= 0.3 is 0 Å². The maximum atomic E-state index is 13.0. The van der Waals surface area contributed by atoms with Gasteiger partial charge in [0.25, 0.3) is 0 Å². The van der Waals surface area contributed by atoms with E-state index >= 15 is 0 Å². The van der Waals surface area contributed by atoms with Gasteiger partial charge in [-0.15, -0.1) is 0 Å². The smallest absolute Gasteiger partial charge is 0.248 e. The Bertz CT molecular complexity index is 944. The summed E-state index contributed by atoms with van der Waals surface area (Å²) in [5.74, 6) is -0.423. The molecule has 5 nitrogen and oxygen atoms in total. The number of amides is 2. The molecule has 0 bridgehead atoms. The highest BCUT2D eigenvalue weighted by Gasteiger charge is 2.36. The van der Waals surface area contributed by atoms with Crippen molar-refractivity contribution in [1.29, 1.82) is 0 Å². The minimum absolute atomic E-state index is 0.194. The number of hydrogen-bond donors (Lipinski definition) is 1. The second kappa shape index (κ2) is 6.40. The second-order valence-corrected chi connectivity index (χ2v) is 8.08. The van der Waals surface area contributed by atoms with E-state index < -0.39 is 11.6 Å². The molecule has 1 N–H and O–H groups in total. The summed E-state index contributed by atoms with van der Waals surface area (Å²) in [7, 11) is 0. The largest absolute Gasteiger partial charge is 0.349 e. The molecule has 0 saturated carbocycles. The number of rotatable bonds is 1. The Morgan fingerprint density at radius 3 is 2.54 bits per heavy atom. The van der Waals surface area contributed by atoms with Crippen molar-refractivity contribution in [2.45, 2.75) is 46.2 Å². The predicted octanol–water partition coefficient (Wildman–Crippen LogP) is 4.07. The molecule has 1 aromatic heterocycles. The fourth-order valence-corrected chi connectivity index (χ4v) is 3.32. The van der Waals surface area contributed by atoms with E-state index in [4.69, 9.17) is 16.6 Å². The van der Waals surface area contributed by atoms with Crippen LogP contribution in [0.3, 0.4) is 0 Å². The summed E-state index contributed by atoms with van der Waals surface area (Å²) in [6.45, 7) is 9.08. The normalized spacial score (nSPS) is 16.9. The molecule has 1 aromatic carbocycles. The van der Waals surface area contributed by atoms with Crippen molar-refractivity contribution in [3.05, 3.63) is 46.7 Å². The highest BCUT2D eigenvalue weighted by molar-refractivity contribution is 6.31. The van der Waals surface area contributed by atoms with Gasteiger partial charge in [0.1, 0.15) is 6.04 Å². The summed E-state index contributed by atoms with van der Waals surface area (Å²) in [5.41, 5.74) is 2.61. The number of carbonyl (C=O) groups excluding carboxylic acids is 2. The maximum Gasteiger partial charge on any atom is 0.248 e. The van der Waals surface area contributed by atoms with Crippen LogP contribution < -0.4 is 5.32 Å². The SMILES string of the molecule is CC(=O)N1C=C(C)c2nc3cc(Cl)ccc3cc2C1C(=O)NC(C)(C)C. The molecule has 1 aliphatic heterocycles. The molecule has 3 rings (SSSR count). The van der Waals surface area contributed by atoms with Crippen molar-refractivity contribution in [2.24, 2.45) is 0 Å². The van der Waals surface area contributed by atoms with E-state index in [0.717, 1.165) is 22.0 Å². The zero-order valence-corrected chi connectivity index (χ0v) is 16.3. The lowest BCUT2D eigenvalue weighted by molar-refractivity contribution is -0.137. The third-order valence-electron chi connectivity index (χ3n) is 4.20. The van der Waals surface area contributed by atoms with Gasteiger partial charge in [-0.05, 0) is 51.5 Å². The van der Waals surface area contributed by atoms with Gasteiger partial charge in [-0.3, -0.25) is 9.59 Å². The highest BCUT2D eigenvalue weighted by Crippen LogP contribution is 2.36. The van der Waals surface area contributed by atoms with Crippen molar-refractivity contribution in [3.8, 4) is 0 Å². The molecule has 0 saturated heterocycles. The summed E-state index contributed by atoms with van der Waals surface area (Å²) >= 11 is 6.08. The minimum atomic E-state index is -0.752. The van der Waals surface area contributed by atoms with Crippen LogP contribution in [-0.4, -0.2) is 27.2 Å². The lowest BCUT2D eigenvalue weighted by Gasteiger charge is -2.35. The number of aromatic nitrogens is 1. The second-order valence-electron chi connectivity index (χ2n) is 7.64. The molecule has 26 heavy (non-hydrogen) atoms. The topological polar surface area (TPSA) is 62.3 Å². The number of nitrogens with one attached hydrogen (secondary N) is 1. The minimum Gasteiger partial charge on any atom is -0.349 e. The van der Waals surface area contributed by atoms with E-state index in [2.05, 4.69) is 5.32 Å². The Labute approximate surface area is 158 Å². The molecule has 0 radical (unpaired) electrons. The molecular weight excluding hydrogens is 350 g/mol. The van der Waals surface area contributed by atoms with E-state index in [0.29, 0.717) is 10.7 Å². The molecule has 2 amide bonds. The lowest BCUT2D eigenvalue weighted by Crippen LogP contribution is -2.48. The van der Waals surface area contributed by atoms with E-state index in [1.807, 2.05) is 39.8 Å². The van der Waals surface area contributed by atoms with Gasteiger partial charge in [-0.2, -0.15) is 0 Å². The Kier molecular flexibility index (Phi) is 4.53. The molecule has 136 valence electrons. The van der Waals surface area contributed by atoms with Crippen molar-refractivity contribution in [1.82, 2.24) is 15.2 Å². The highest BCUT2D eigenvalue weighted by atomic mass is 35.5. The van der Waals surface area contributed by atoms with Crippen molar-refractivity contribution < 1.29 is 9.59 Å². The van der Waals surface area contributed by atoms with E-state index in [-0.39, 0.29) is 11.8 Å². The predicted molar refractivity (Wildman–Crippen MR) is 104 cm³/mol. The number of fused-ring (bicyclic) bond motifs is 2. The lowest BCUT2D eigenvalue weighted by atomic mass is 9.93. The summed E-state index contributed by atoms with van der Waals surface area (Å²) in [6, 6.07) is 6.63. The monoisotopic (exact) mass is 371 g/mol. The standard InChI is InChI=1S/C20H22ClN3O2/c1-11-10-24(12(2)25)18(19(26)23-20(3,4)5)15-8-13-6-7-14(21)9-16(13)22-17(11)15/h6-10,18H,1-5H3,(H,23,26). The van der Waals surface area contributed by atoms with Crippen LogP contribution in [0, 0.1) is 0 Å². The fraction of sp³-hybridized carbons (Fsp3) is 0.350. The Balaban J connectivity index is 2.21. The van der Waals surface area contributed by atoms with Gasteiger partial charge in [-0.1, -0.05) is 17.7 Å². The molecule has 2 aromatic rings. The first-order valence-corrected chi connectivity index (χ1v) is 8.84. The van der Waals surface area contributed by atoms with Gasteiger partial charge < -0.3 is 10.2 Å². The molecule has 0 aliphatic carbocycles. The first-order valence-electron chi connectivity index (χ1n) is 8.47. The fourth-order valence-electron chi connectivity index (χ4n) is 3.15. The van der Waals surface area contributed by atoms with Crippen molar-refractivity contribution in [3.63, 3.8) is 0 Å². The number of halogens is 1. The van der Waals surface area contributed by atoms with Crippen molar-refractivity contribution in [2.75, 3.05) is 0 Å². The average Bonchev–Trinajstić information content (AvgIpc) is 2.51. The number of pyridine rings is 1. The number of nitrogens with zero attached hydrogens (tertiary/aromatic N) is 2. The van der Waals surface area contributed by atoms with E-state index in [1.54, 1.807) is 18.3 Å². The first-order chi connectivity index (χ1) is 12.1. The van der Waals surface area contributed by atoms with Gasteiger partial charge in [0, 0.05) is 34.6 Å². The maximum absolute atomic E-state index is 13.0. The molecular formula is C20H22ClN3O2. The average molecular weight is 372 g/mol. The summed E-state index contributed by atoms with van der Waals surface area (Å²) in [4.78, 5) is 31.4. The molecule has 1 aliphatic rings. The van der Waals surface area contributed by atoms with E-state index in [1.165, 1.54) is 11.8 Å². The molecule has 1 atom stereocenters. The van der Waals surface area contributed by atoms with Crippen LogP contribution in [-0.2, 0) is 9.59 Å². The summed E-state index contributed by atoms with van der Waals surface area (Å²) in [5, 5.41) is 4.46. The number of allylic oxidation sites excluding steroid dienone is 1. The van der Waals surface area contributed by atoms with Crippen molar-refractivity contribution >= 4 is 39.9 Å². The van der Waals surface area contributed by atoms with Crippen LogP contribution in [0.1, 0.15) is 51.9 Å². The number of carbonyl (C=O) groups is 2. The van der Waals surface area contributed by atoms with Gasteiger partial charge in [0.2, 0.25) is 11.8 Å². The van der Waals surface area contributed by atoms with Gasteiger partial charge in [-0.25, -0.2) is 4.98 Å². The summed E-state index contributed by atoms with van der Waals surface area (Å²) < 4.78 is 0. The van der Waals surface area contributed by atoms with Crippen LogP contribution in [0.4, 0.5) is 0 Å². The van der Waals surface area contributed by atoms with Crippen LogP contribution >= 0.6 is 11.6 Å². The van der Waals surface area contributed by atoms with Gasteiger partial charge in [0.05, 0.1) is 11.2 Å². The number of hydrogen-bond acceptors (Lipinski definition) is 3. The Morgan fingerprint density at radius 1 is 1.23 bits per heavy atom. The molecule has 2 heterocycles. The summed E-state index contributed by atoms with van der Waals surface area (Å²) in [6.07, 6.45) is 1.70. The molecule has 0 spiro atoms. The van der Waals surface area contributed by atoms with Crippen LogP contribution in [0.15, 0.2) is 30.5 Å². The molecule has 6 heteroatoms. The number of benzene rings is 1. The Morgan fingerprint density at radius 2 is 1.92 bits per heavy atom. The quantitative estimate of drug-likeness (QED) is 0.822. The van der Waals surface area contributed by atoms with E-state index in [9.17, 15) is 9.59 Å². The zero-order chi connectivity index (χ0) is 19.2. The third kappa shape index (κ3) is 3.44. The molecule has 1 unspecified atom stereocenters. The molecule has 0 fully saturated rings. The van der Waals surface area contributed by atoms with Gasteiger partial charge in [0.15, 0.2) is 0 Å². The third-order valence-corrected chi connectivity index (χ3v) is 4.43.